The first kappa shape index (κ1) is 11.8. The molecule has 0 atom stereocenters. The van der Waals surface area contributed by atoms with Crippen LogP contribution in [0.5, 0.6) is 5.75 Å². The molecular formula is C15H19NO. The quantitative estimate of drug-likeness (QED) is 0.779. The van der Waals surface area contributed by atoms with Crippen molar-refractivity contribution in [1.29, 1.82) is 0 Å². The van der Waals surface area contributed by atoms with Crippen molar-refractivity contribution in [1.82, 2.24) is 4.57 Å². The molecule has 17 heavy (non-hydrogen) atoms. The van der Waals surface area contributed by atoms with Crippen molar-refractivity contribution in [3.05, 3.63) is 47.8 Å². The number of rotatable bonds is 3. The van der Waals surface area contributed by atoms with Gasteiger partial charge in [-0.2, -0.15) is 0 Å². The summed E-state index contributed by atoms with van der Waals surface area (Å²) < 4.78 is 8.03. The second kappa shape index (κ2) is 4.66. The Morgan fingerprint density at radius 1 is 1.12 bits per heavy atom. The van der Waals surface area contributed by atoms with Crippen LogP contribution < -0.4 is 4.74 Å². The third-order valence-electron chi connectivity index (χ3n) is 2.69. The summed E-state index contributed by atoms with van der Waals surface area (Å²) in [5, 5.41) is 0. The minimum Gasteiger partial charge on any atom is -0.489 e. The second-order valence-corrected chi connectivity index (χ2v) is 4.66. The topological polar surface area (TPSA) is 14.2 Å². The van der Waals surface area contributed by atoms with Crippen LogP contribution in [0.4, 0.5) is 0 Å². The maximum atomic E-state index is 5.88. The van der Waals surface area contributed by atoms with Gasteiger partial charge in [0.05, 0.1) is 11.8 Å². The molecule has 2 heteroatoms. The highest BCUT2D eigenvalue weighted by molar-refractivity contribution is 5.50. The molecule has 1 aromatic carbocycles. The Bertz CT molecular complexity index is 511. The minimum atomic E-state index is 0.186. The van der Waals surface area contributed by atoms with Gasteiger partial charge in [-0.3, -0.25) is 0 Å². The van der Waals surface area contributed by atoms with Crippen molar-refractivity contribution in [2.24, 2.45) is 0 Å². The van der Waals surface area contributed by atoms with Crippen molar-refractivity contribution in [2.75, 3.05) is 0 Å². The average Bonchev–Trinajstić information content (AvgIpc) is 2.64. The Kier molecular flexibility index (Phi) is 3.23. The van der Waals surface area contributed by atoms with Crippen LogP contribution in [0.15, 0.2) is 36.5 Å². The molecule has 0 saturated heterocycles. The molecule has 1 heterocycles. The summed E-state index contributed by atoms with van der Waals surface area (Å²) in [5.74, 6) is 0.944. The molecule has 0 unspecified atom stereocenters. The van der Waals surface area contributed by atoms with Crippen LogP contribution in [-0.4, -0.2) is 10.7 Å². The first-order valence-electron chi connectivity index (χ1n) is 5.99. The number of aromatic nitrogens is 1. The lowest BCUT2D eigenvalue weighted by molar-refractivity contribution is 0.241. The fraction of sp³-hybridized carbons (Fsp3) is 0.333. The summed E-state index contributed by atoms with van der Waals surface area (Å²) in [6.07, 6.45) is 2.25. The van der Waals surface area contributed by atoms with Crippen molar-refractivity contribution in [3.8, 4) is 11.4 Å². The minimum absolute atomic E-state index is 0.186. The van der Waals surface area contributed by atoms with E-state index < -0.39 is 0 Å². The first-order valence-corrected chi connectivity index (χ1v) is 5.99. The molecule has 0 N–H and O–H groups in total. The SMILES string of the molecule is Cc1ccc(-n2cccc2C)c(OC(C)C)c1. The van der Waals surface area contributed by atoms with Crippen LogP contribution >= 0.6 is 0 Å². The average molecular weight is 229 g/mol. The number of nitrogens with zero attached hydrogens (tertiary/aromatic N) is 1. The van der Waals surface area contributed by atoms with Gasteiger partial charge in [0.1, 0.15) is 5.75 Å². The van der Waals surface area contributed by atoms with Crippen LogP contribution in [0, 0.1) is 13.8 Å². The highest BCUT2D eigenvalue weighted by Crippen LogP contribution is 2.26. The number of ether oxygens (including phenoxy) is 1. The number of hydrogen-bond donors (Lipinski definition) is 0. The van der Waals surface area contributed by atoms with E-state index in [1.807, 2.05) is 6.07 Å². The Morgan fingerprint density at radius 2 is 1.88 bits per heavy atom. The van der Waals surface area contributed by atoms with Gasteiger partial charge in [-0.1, -0.05) is 6.07 Å². The molecule has 0 amide bonds. The van der Waals surface area contributed by atoms with Gasteiger partial charge in [0.2, 0.25) is 0 Å². The van der Waals surface area contributed by atoms with Gasteiger partial charge in [-0.15, -0.1) is 0 Å². The van der Waals surface area contributed by atoms with Gasteiger partial charge >= 0.3 is 0 Å². The lowest BCUT2D eigenvalue weighted by Gasteiger charge is -2.16. The zero-order chi connectivity index (χ0) is 12.4. The van der Waals surface area contributed by atoms with E-state index >= 15 is 0 Å². The van der Waals surface area contributed by atoms with E-state index in [-0.39, 0.29) is 6.10 Å². The van der Waals surface area contributed by atoms with E-state index in [1.165, 1.54) is 11.3 Å². The molecule has 0 aliphatic rings. The molecule has 2 aromatic rings. The molecule has 0 saturated carbocycles. The highest BCUT2D eigenvalue weighted by Gasteiger charge is 2.08. The molecule has 2 nitrogen and oxygen atoms in total. The maximum absolute atomic E-state index is 5.88. The summed E-state index contributed by atoms with van der Waals surface area (Å²) in [7, 11) is 0. The van der Waals surface area contributed by atoms with E-state index in [2.05, 4.69) is 62.7 Å². The molecular weight excluding hydrogens is 210 g/mol. The predicted octanol–water partition coefficient (Wildman–Crippen LogP) is 3.88. The summed E-state index contributed by atoms with van der Waals surface area (Å²) in [6, 6.07) is 10.5. The molecule has 0 fully saturated rings. The fourth-order valence-electron chi connectivity index (χ4n) is 1.91. The van der Waals surface area contributed by atoms with Crippen LogP contribution in [0.1, 0.15) is 25.1 Å². The van der Waals surface area contributed by atoms with Crippen molar-refractivity contribution in [2.45, 2.75) is 33.8 Å². The van der Waals surface area contributed by atoms with Gasteiger partial charge in [0.15, 0.2) is 0 Å². The van der Waals surface area contributed by atoms with Gasteiger partial charge in [-0.05, 0) is 57.5 Å². The van der Waals surface area contributed by atoms with E-state index in [0.29, 0.717) is 0 Å². The predicted molar refractivity (Wildman–Crippen MR) is 71.0 cm³/mol. The van der Waals surface area contributed by atoms with Crippen LogP contribution in [0.2, 0.25) is 0 Å². The third kappa shape index (κ3) is 2.52. The van der Waals surface area contributed by atoms with Gasteiger partial charge in [0, 0.05) is 11.9 Å². The zero-order valence-electron chi connectivity index (χ0n) is 10.9. The van der Waals surface area contributed by atoms with Crippen LogP contribution in [0.25, 0.3) is 5.69 Å². The van der Waals surface area contributed by atoms with Gasteiger partial charge < -0.3 is 9.30 Å². The van der Waals surface area contributed by atoms with Crippen molar-refractivity contribution >= 4 is 0 Å². The summed E-state index contributed by atoms with van der Waals surface area (Å²) in [4.78, 5) is 0. The number of aryl methyl sites for hydroxylation is 2. The number of hydrogen-bond acceptors (Lipinski definition) is 1. The summed E-state index contributed by atoms with van der Waals surface area (Å²) >= 11 is 0. The highest BCUT2D eigenvalue weighted by atomic mass is 16.5. The van der Waals surface area contributed by atoms with Crippen LogP contribution in [-0.2, 0) is 0 Å². The molecule has 0 spiro atoms. The Morgan fingerprint density at radius 3 is 2.47 bits per heavy atom. The normalized spacial score (nSPS) is 10.9. The monoisotopic (exact) mass is 229 g/mol. The summed E-state index contributed by atoms with van der Waals surface area (Å²) in [6.45, 7) is 8.28. The Labute approximate surface area is 103 Å². The van der Waals surface area contributed by atoms with E-state index in [0.717, 1.165) is 11.4 Å². The maximum Gasteiger partial charge on any atom is 0.143 e. The van der Waals surface area contributed by atoms with Crippen molar-refractivity contribution in [3.63, 3.8) is 0 Å². The lowest BCUT2D eigenvalue weighted by atomic mass is 10.2. The van der Waals surface area contributed by atoms with Crippen LogP contribution in [0.3, 0.4) is 0 Å². The van der Waals surface area contributed by atoms with E-state index in [4.69, 9.17) is 4.74 Å². The van der Waals surface area contributed by atoms with E-state index in [1.54, 1.807) is 0 Å². The molecule has 0 bridgehead atoms. The zero-order valence-corrected chi connectivity index (χ0v) is 10.9. The van der Waals surface area contributed by atoms with Crippen molar-refractivity contribution < 1.29 is 4.74 Å². The standard InChI is InChI=1S/C15H19NO/c1-11(2)17-15-10-12(3)7-8-14(15)16-9-5-6-13(16)4/h5-11H,1-4H3. The van der Waals surface area contributed by atoms with Gasteiger partial charge in [0.25, 0.3) is 0 Å². The third-order valence-corrected chi connectivity index (χ3v) is 2.69. The first-order chi connectivity index (χ1) is 8.08. The molecule has 90 valence electrons. The Balaban J connectivity index is 2.50. The number of benzene rings is 1. The van der Waals surface area contributed by atoms with E-state index in [9.17, 15) is 0 Å². The second-order valence-electron chi connectivity index (χ2n) is 4.66. The van der Waals surface area contributed by atoms with Gasteiger partial charge in [-0.25, -0.2) is 0 Å². The molecule has 2 rings (SSSR count). The molecule has 0 radical (unpaired) electrons. The Hall–Kier alpha value is -1.70. The lowest BCUT2D eigenvalue weighted by Crippen LogP contribution is -2.09. The largest absolute Gasteiger partial charge is 0.489 e. The smallest absolute Gasteiger partial charge is 0.143 e. The molecule has 0 aliphatic heterocycles. The molecule has 1 aromatic heterocycles. The summed E-state index contributed by atoms with van der Waals surface area (Å²) in [5.41, 5.74) is 3.53. The molecule has 0 aliphatic carbocycles. The fourth-order valence-corrected chi connectivity index (χ4v) is 1.91.